The molecule has 3 N–H and O–H groups in total. The monoisotopic (exact) mass is 263 g/mol. The van der Waals surface area contributed by atoms with Gasteiger partial charge in [0.05, 0.1) is 6.26 Å². The van der Waals surface area contributed by atoms with Crippen LogP contribution in [0.4, 0.5) is 0 Å². The number of nitrogens with two attached hydrogens (primary N) is 1. The predicted molar refractivity (Wildman–Crippen MR) is 65.8 cm³/mol. The third-order valence-corrected chi connectivity index (χ3v) is 3.49. The van der Waals surface area contributed by atoms with Crippen molar-refractivity contribution in [3.8, 4) is 0 Å². The highest BCUT2D eigenvalue weighted by molar-refractivity contribution is 7.88. The van der Waals surface area contributed by atoms with E-state index >= 15 is 0 Å². The topological polar surface area (TPSA) is 92.5 Å². The molecule has 100 valence electrons. The van der Waals surface area contributed by atoms with Crippen LogP contribution >= 0.6 is 0 Å². The smallest absolute Gasteiger partial charge is 0.224 e. The Morgan fingerprint density at radius 1 is 1.47 bits per heavy atom. The van der Waals surface area contributed by atoms with E-state index < -0.39 is 10.0 Å². The van der Waals surface area contributed by atoms with Crippen molar-refractivity contribution < 1.29 is 13.2 Å². The third kappa shape index (κ3) is 5.47. The Balaban J connectivity index is 2.38. The van der Waals surface area contributed by atoms with Gasteiger partial charge in [0.25, 0.3) is 0 Å². The summed E-state index contributed by atoms with van der Waals surface area (Å²) in [6, 6.07) is -0.182. The summed E-state index contributed by atoms with van der Waals surface area (Å²) in [7, 11) is -3.15. The van der Waals surface area contributed by atoms with Crippen LogP contribution in [0.3, 0.4) is 0 Å². The van der Waals surface area contributed by atoms with Crippen molar-refractivity contribution in [2.45, 2.75) is 38.3 Å². The molecule has 17 heavy (non-hydrogen) atoms. The van der Waals surface area contributed by atoms with E-state index in [2.05, 4.69) is 4.72 Å². The molecule has 1 aliphatic rings. The zero-order chi connectivity index (χ0) is 13.1. The van der Waals surface area contributed by atoms with Crippen LogP contribution in [-0.2, 0) is 14.8 Å². The summed E-state index contributed by atoms with van der Waals surface area (Å²) in [5, 5.41) is 0. The molecular formula is C10H21N3O3S. The van der Waals surface area contributed by atoms with Gasteiger partial charge in [-0.15, -0.1) is 0 Å². The number of carbonyl (C=O) groups is 1. The average molecular weight is 263 g/mol. The fraction of sp³-hybridized carbons (Fsp3) is 0.900. The summed E-state index contributed by atoms with van der Waals surface area (Å²) >= 11 is 0. The Kier molecular flexibility index (Phi) is 4.91. The largest absolute Gasteiger partial charge is 0.343 e. The van der Waals surface area contributed by atoms with Crippen molar-refractivity contribution in [3.05, 3.63) is 0 Å². The quantitative estimate of drug-likeness (QED) is 0.699. The molecule has 0 aromatic heterocycles. The van der Waals surface area contributed by atoms with E-state index in [1.54, 1.807) is 11.8 Å². The lowest BCUT2D eigenvalue weighted by Gasteiger charge is -2.32. The van der Waals surface area contributed by atoms with Crippen molar-refractivity contribution in [2.75, 3.05) is 19.3 Å². The van der Waals surface area contributed by atoms with Crippen LogP contribution in [0.1, 0.15) is 26.2 Å². The number of carbonyl (C=O) groups excluding carboxylic acids is 1. The Hall–Kier alpha value is -0.660. The van der Waals surface area contributed by atoms with Gasteiger partial charge in [-0.2, -0.15) is 0 Å². The Bertz CT molecular complexity index is 359. The molecule has 1 amide bonds. The Labute approximate surface area is 103 Å². The molecule has 0 aromatic carbocycles. The standard InChI is InChI=1S/C10H21N3O3S/c1-8(11)7-10(14)13-5-3-9(4-6-13)12-17(2,15)16/h8-9,12H,3-7,11H2,1-2H3. The van der Waals surface area contributed by atoms with Gasteiger partial charge < -0.3 is 10.6 Å². The molecule has 1 aliphatic heterocycles. The second-order valence-electron chi connectivity index (χ2n) is 4.73. The van der Waals surface area contributed by atoms with Crippen molar-refractivity contribution >= 4 is 15.9 Å². The van der Waals surface area contributed by atoms with Gasteiger partial charge in [0.1, 0.15) is 0 Å². The number of nitrogens with one attached hydrogen (secondary N) is 1. The lowest BCUT2D eigenvalue weighted by Crippen LogP contribution is -2.47. The fourth-order valence-corrected chi connectivity index (χ4v) is 2.80. The first kappa shape index (κ1) is 14.4. The highest BCUT2D eigenvalue weighted by Gasteiger charge is 2.24. The number of hydrogen-bond donors (Lipinski definition) is 2. The van der Waals surface area contributed by atoms with E-state index in [0.29, 0.717) is 32.4 Å². The van der Waals surface area contributed by atoms with Crippen molar-refractivity contribution in [2.24, 2.45) is 5.73 Å². The van der Waals surface area contributed by atoms with Crippen molar-refractivity contribution in [3.63, 3.8) is 0 Å². The molecule has 0 saturated carbocycles. The molecule has 0 spiro atoms. The number of sulfonamides is 1. The van der Waals surface area contributed by atoms with Crippen LogP contribution in [0, 0.1) is 0 Å². The van der Waals surface area contributed by atoms with Crippen LogP contribution in [0.2, 0.25) is 0 Å². The van der Waals surface area contributed by atoms with E-state index in [1.807, 2.05) is 0 Å². The number of hydrogen-bond acceptors (Lipinski definition) is 4. The maximum Gasteiger partial charge on any atom is 0.224 e. The van der Waals surface area contributed by atoms with Gasteiger partial charge in [0.15, 0.2) is 0 Å². The molecule has 0 aliphatic carbocycles. The molecule has 1 heterocycles. The lowest BCUT2D eigenvalue weighted by atomic mass is 10.1. The Morgan fingerprint density at radius 2 is 2.00 bits per heavy atom. The maximum absolute atomic E-state index is 11.7. The molecular weight excluding hydrogens is 242 g/mol. The first-order chi connectivity index (χ1) is 7.78. The molecule has 0 radical (unpaired) electrons. The molecule has 7 heteroatoms. The van der Waals surface area contributed by atoms with Crippen LogP contribution in [-0.4, -0.2) is 50.7 Å². The summed E-state index contributed by atoms with van der Waals surface area (Å²) in [5.41, 5.74) is 5.57. The molecule has 1 rings (SSSR count). The zero-order valence-corrected chi connectivity index (χ0v) is 11.2. The van der Waals surface area contributed by atoms with Crippen LogP contribution < -0.4 is 10.5 Å². The molecule has 1 fully saturated rings. The molecule has 1 unspecified atom stereocenters. The Morgan fingerprint density at radius 3 is 2.41 bits per heavy atom. The highest BCUT2D eigenvalue weighted by atomic mass is 32.2. The minimum absolute atomic E-state index is 0.0515. The minimum atomic E-state index is -3.15. The molecule has 6 nitrogen and oxygen atoms in total. The van der Waals surface area contributed by atoms with Gasteiger partial charge >= 0.3 is 0 Å². The van der Waals surface area contributed by atoms with Crippen LogP contribution in [0.15, 0.2) is 0 Å². The number of likely N-dealkylation sites (tertiary alicyclic amines) is 1. The molecule has 1 saturated heterocycles. The summed E-state index contributed by atoms with van der Waals surface area (Å²) in [6.45, 7) is 2.99. The average Bonchev–Trinajstić information content (AvgIpc) is 2.15. The van der Waals surface area contributed by atoms with E-state index in [0.717, 1.165) is 6.26 Å². The number of piperidine rings is 1. The minimum Gasteiger partial charge on any atom is -0.343 e. The summed E-state index contributed by atoms with van der Waals surface area (Å²) in [6.07, 6.45) is 2.83. The van der Waals surface area contributed by atoms with Crippen LogP contribution in [0.5, 0.6) is 0 Å². The zero-order valence-electron chi connectivity index (χ0n) is 10.3. The molecule has 1 atom stereocenters. The number of rotatable bonds is 4. The third-order valence-electron chi connectivity index (χ3n) is 2.73. The van der Waals surface area contributed by atoms with E-state index in [-0.39, 0.29) is 18.0 Å². The normalized spacial score (nSPS) is 20.3. The number of nitrogens with zero attached hydrogens (tertiary/aromatic N) is 1. The number of amides is 1. The predicted octanol–water partition coefficient (Wildman–Crippen LogP) is -0.736. The van der Waals surface area contributed by atoms with Crippen LogP contribution in [0.25, 0.3) is 0 Å². The first-order valence-corrected chi connectivity index (χ1v) is 7.67. The van der Waals surface area contributed by atoms with E-state index in [9.17, 15) is 13.2 Å². The van der Waals surface area contributed by atoms with Crippen molar-refractivity contribution in [1.82, 2.24) is 9.62 Å². The van der Waals surface area contributed by atoms with Gasteiger partial charge in [0.2, 0.25) is 15.9 Å². The second kappa shape index (κ2) is 5.79. The van der Waals surface area contributed by atoms with Gasteiger partial charge in [-0.3, -0.25) is 4.79 Å². The summed E-state index contributed by atoms with van der Waals surface area (Å²) < 4.78 is 24.7. The first-order valence-electron chi connectivity index (χ1n) is 5.78. The lowest BCUT2D eigenvalue weighted by molar-refractivity contribution is -0.132. The fourth-order valence-electron chi connectivity index (χ4n) is 1.95. The van der Waals surface area contributed by atoms with Crippen molar-refractivity contribution in [1.29, 1.82) is 0 Å². The van der Waals surface area contributed by atoms with E-state index in [1.165, 1.54) is 0 Å². The van der Waals surface area contributed by atoms with Gasteiger partial charge in [-0.1, -0.05) is 0 Å². The highest BCUT2D eigenvalue weighted by Crippen LogP contribution is 2.12. The molecule has 0 bridgehead atoms. The van der Waals surface area contributed by atoms with Gasteiger partial charge in [0, 0.05) is 31.6 Å². The summed E-state index contributed by atoms with van der Waals surface area (Å²) in [5.74, 6) is 0.0535. The maximum atomic E-state index is 11.7. The van der Waals surface area contributed by atoms with Gasteiger partial charge in [-0.25, -0.2) is 13.1 Å². The second-order valence-corrected chi connectivity index (χ2v) is 6.51. The van der Waals surface area contributed by atoms with E-state index in [4.69, 9.17) is 5.73 Å². The molecule has 0 aromatic rings. The van der Waals surface area contributed by atoms with Gasteiger partial charge in [-0.05, 0) is 19.8 Å². The SMILES string of the molecule is CC(N)CC(=O)N1CCC(NS(C)(=O)=O)CC1. The summed E-state index contributed by atoms with van der Waals surface area (Å²) in [4.78, 5) is 13.5.